The number of rotatable bonds is 2. The number of amides is 3. The monoisotopic (exact) mass is 348 g/mol. The number of hydrogen-bond donors (Lipinski definition) is 1. The molecule has 1 aliphatic heterocycles. The van der Waals surface area contributed by atoms with E-state index in [0.29, 0.717) is 0 Å². The van der Waals surface area contributed by atoms with Gasteiger partial charge >= 0.3 is 6.18 Å². The lowest BCUT2D eigenvalue weighted by molar-refractivity contribution is -0.136. The Morgan fingerprint density at radius 2 is 1.64 bits per heavy atom. The molecule has 0 saturated heterocycles. The molecule has 0 aromatic heterocycles. The van der Waals surface area contributed by atoms with E-state index in [4.69, 9.17) is 0 Å². The Morgan fingerprint density at radius 1 is 1.00 bits per heavy atom. The van der Waals surface area contributed by atoms with Crippen LogP contribution >= 0.6 is 0 Å². The number of alkyl halides is 3. The molecule has 2 aromatic rings. The minimum absolute atomic E-state index is 0.0211. The molecule has 0 aliphatic carbocycles. The van der Waals surface area contributed by atoms with Crippen LogP contribution in [0, 0.1) is 0 Å². The number of nitrogens with zero attached hydrogens (tertiary/aromatic N) is 1. The fraction of sp³-hybridized carbons (Fsp3) is 0.118. The molecule has 0 bridgehead atoms. The normalized spacial score (nSPS) is 13.8. The first-order valence-electron chi connectivity index (χ1n) is 7.14. The lowest BCUT2D eigenvalue weighted by Gasteiger charge is -2.13. The first-order chi connectivity index (χ1) is 11.7. The van der Waals surface area contributed by atoms with Crippen molar-refractivity contribution in [2.75, 3.05) is 12.4 Å². The van der Waals surface area contributed by atoms with Crippen molar-refractivity contribution in [2.45, 2.75) is 6.18 Å². The van der Waals surface area contributed by atoms with Gasteiger partial charge in [-0.2, -0.15) is 13.2 Å². The number of anilines is 1. The fourth-order valence-electron chi connectivity index (χ4n) is 2.54. The molecule has 3 amide bonds. The van der Waals surface area contributed by atoms with Gasteiger partial charge in [-0.15, -0.1) is 0 Å². The number of benzene rings is 2. The van der Waals surface area contributed by atoms with Crippen molar-refractivity contribution in [1.82, 2.24) is 4.90 Å². The Morgan fingerprint density at radius 3 is 2.32 bits per heavy atom. The van der Waals surface area contributed by atoms with Crippen LogP contribution in [-0.2, 0) is 6.18 Å². The largest absolute Gasteiger partial charge is 0.418 e. The van der Waals surface area contributed by atoms with Gasteiger partial charge in [0.2, 0.25) is 0 Å². The summed E-state index contributed by atoms with van der Waals surface area (Å²) in [5.41, 5.74) is -1.19. The second-order valence-electron chi connectivity index (χ2n) is 5.43. The molecule has 3 rings (SSSR count). The maximum Gasteiger partial charge on any atom is 0.418 e. The molecule has 0 radical (unpaired) electrons. The lowest BCUT2D eigenvalue weighted by atomic mass is 10.0. The topological polar surface area (TPSA) is 66.5 Å². The Labute approximate surface area is 140 Å². The van der Waals surface area contributed by atoms with Crippen LogP contribution in [-0.4, -0.2) is 29.7 Å². The highest BCUT2D eigenvalue weighted by molar-refractivity contribution is 6.22. The fourth-order valence-corrected chi connectivity index (χ4v) is 2.54. The summed E-state index contributed by atoms with van der Waals surface area (Å²) in [5, 5.41) is 2.19. The zero-order valence-corrected chi connectivity index (χ0v) is 12.8. The summed E-state index contributed by atoms with van der Waals surface area (Å²) in [5.74, 6) is -1.87. The van der Waals surface area contributed by atoms with Crippen LogP contribution in [0.3, 0.4) is 0 Å². The first kappa shape index (κ1) is 16.7. The van der Waals surface area contributed by atoms with E-state index < -0.39 is 29.5 Å². The van der Waals surface area contributed by atoms with Crippen molar-refractivity contribution in [3.05, 3.63) is 64.7 Å². The molecule has 0 fully saturated rings. The van der Waals surface area contributed by atoms with Crippen molar-refractivity contribution in [3.8, 4) is 0 Å². The summed E-state index contributed by atoms with van der Waals surface area (Å²) in [7, 11) is 1.31. The van der Waals surface area contributed by atoms with E-state index in [9.17, 15) is 27.6 Å². The standard InChI is InChI=1S/C17H11F3N2O3/c1-22-15(24)10-7-6-9(8-11(10)16(22)25)14(23)21-13-5-3-2-4-12(13)17(18,19)20/h2-8H,1H3,(H,21,23). The minimum atomic E-state index is -4.62. The molecular formula is C17H11F3N2O3. The van der Waals surface area contributed by atoms with E-state index in [0.717, 1.165) is 17.0 Å². The molecule has 2 aromatic carbocycles. The zero-order valence-electron chi connectivity index (χ0n) is 12.8. The van der Waals surface area contributed by atoms with Crippen molar-refractivity contribution in [3.63, 3.8) is 0 Å². The van der Waals surface area contributed by atoms with Gasteiger partial charge < -0.3 is 5.32 Å². The van der Waals surface area contributed by atoms with Gasteiger partial charge in [-0.1, -0.05) is 12.1 Å². The SMILES string of the molecule is CN1C(=O)c2ccc(C(=O)Nc3ccccc3C(F)(F)F)cc2C1=O. The van der Waals surface area contributed by atoms with Gasteiger partial charge in [0.1, 0.15) is 0 Å². The molecule has 1 heterocycles. The van der Waals surface area contributed by atoms with Crippen LogP contribution in [0.2, 0.25) is 0 Å². The van der Waals surface area contributed by atoms with Gasteiger partial charge in [-0.25, -0.2) is 0 Å². The number of hydrogen-bond acceptors (Lipinski definition) is 3. The van der Waals surface area contributed by atoms with Gasteiger partial charge in [0, 0.05) is 12.6 Å². The molecule has 0 saturated carbocycles. The molecule has 0 spiro atoms. The van der Waals surface area contributed by atoms with Gasteiger partial charge in [0.05, 0.1) is 22.4 Å². The molecule has 5 nitrogen and oxygen atoms in total. The predicted octanol–water partition coefficient (Wildman–Crippen LogP) is 3.18. The number of halogens is 3. The van der Waals surface area contributed by atoms with Crippen LogP contribution in [0.4, 0.5) is 18.9 Å². The van der Waals surface area contributed by atoms with E-state index in [1.807, 2.05) is 0 Å². The van der Waals surface area contributed by atoms with Gasteiger partial charge in [-0.05, 0) is 30.3 Å². The summed E-state index contributed by atoms with van der Waals surface area (Å²) in [4.78, 5) is 36.9. The van der Waals surface area contributed by atoms with Crippen LogP contribution in [0.15, 0.2) is 42.5 Å². The third-order valence-electron chi connectivity index (χ3n) is 3.83. The Hall–Kier alpha value is -3.16. The molecule has 1 N–H and O–H groups in total. The third kappa shape index (κ3) is 2.86. The molecule has 0 atom stereocenters. The second kappa shape index (κ2) is 5.73. The van der Waals surface area contributed by atoms with E-state index in [1.54, 1.807) is 0 Å². The number of para-hydroxylation sites is 1. The van der Waals surface area contributed by atoms with Crippen LogP contribution in [0.5, 0.6) is 0 Å². The number of imide groups is 1. The molecule has 8 heteroatoms. The predicted molar refractivity (Wildman–Crippen MR) is 82.3 cm³/mol. The summed E-state index contributed by atoms with van der Waals surface area (Å²) < 4.78 is 38.9. The molecular weight excluding hydrogens is 337 g/mol. The molecule has 128 valence electrons. The number of fused-ring (bicyclic) bond motifs is 1. The molecule has 25 heavy (non-hydrogen) atoms. The average molecular weight is 348 g/mol. The van der Waals surface area contributed by atoms with Crippen molar-refractivity contribution < 1.29 is 27.6 Å². The van der Waals surface area contributed by atoms with E-state index in [2.05, 4.69) is 5.32 Å². The molecule has 1 aliphatic rings. The van der Waals surface area contributed by atoms with E-state index in [-0.39, 0.29) is 22.4 Å². The maximum absolute atomic E-state index is 13.0. The van der Waals surface area contributed by atoms with E-state index in [1.165, 1.54) is 37.4 Å². The lowest BCUT2D eigenvalue weighted by Crippen LogP contribution is -2.24. The first-order valence-corrected chi connectivity index (χ1v) is 7.14. The van der Waals surface area contributed by atoms with Gasteiger partial charge in [-0.3, -0.25) is 19.3 Å². The van der Waals surface area contributed by atoms with Crippen molar-refractivity contribution >= 4 is 23.4 Å². The third-order valence-corrected chi connectivity index (χ3v) is 3.83. The van der Waals surface area contributed by atoms with Crippen LogP contribution in [0.25, 0.3) is 0 Å². The highest BCUT2D eigenvalue weighted by Gasteiger charge is 2.35. The maximum atomic E-state index is 13.0. The van der Waals surface area contributed by atoms with Crippen molar-refractivity contribution in [1.29, 1.82) is 0 Å². The second-order valence-corrected chi connectivity index (χ2v) is 5.43. The van der Waals surface area contributed by atoms with Crippen molar-refractivity contribution in [2.24, 2.45) is 0 Å². The summed E-state index contributed by atoms with van der Waals surface area (Å²) >= 11 is 0. The number of carbonyl (C=O) groups is 3. The van der Waals surface area contributed by atoms with Gasteiger partial charge in [0.25, 0.3) is 17.7 Å². The zero-order chi connectivity index (χ0) is 18.4. The quantitative estimate of drug-likeness (QED) is 0.848. The van der Waals surface area contributed by atoms with Crippen LogP contribution in [0.1, 0.15) is 36.6 Å². The van der Waals surface area contributed by atoms with Crippen LogP contribution < -0.4 is 5.32 Å². The minimum Gasteiger partial charge on any atom is -0.321 e. The average Bonchev–Trinajstić information content (AvgIpc) is 2.78. The summed E-state index contributed by atoms with van der Waals surface area (Å²) in [6, 6.07) is 8.37. The Kier molecular flexibility index (Phi) is 3.82. The van der Waals surface area contributed by atoms with Gasteiger partial charge in [0.15, 0.2) is 0 Å². The summed E-state index contributed by atoms with van der Waals surface area (Å²) in [6.45, 7) is 0. The highest BCUT2D eigenvalue weighted by atomic mass is 19.4. The Bertz CT molecular complexity index is 906. The van der Waals surface area contributed by atoms with E-state index >= 15 is 0 Å². The number of nitrogens with one attached hydrogen (secondary N) is 1. The Balaban J connectivity index is 1.92. The smallest absolute Gasteiger partial charge is 0.321 e. The summed E-state index contributed by atoms with van der Waals surface area (Å²) in [6.07, 6.45) is -4.62. The number of carbonyl (C=O) groups excluding carboxylic acids is 3. The highest BCUT2D eigenvalue weighted by Crippen LogP contribution is 2.34. The molecule has 0 unspecified atom stereocenters.